The van der Waals surface area contributed by atoms with Crippen LogP contribution in [0.4, 0.5) is 21.9 Å². The second kappa shape index (κ2) is 8.35. The Morgan fingerprint density at radius 2 is 1.24 bits per heavy atom. The van der Waals surface area contributed by atoms with E-state index in [2.05, 4.69) is 16.0 Å². The van der Waals surface area contributed by atoms with Gasteiger partial charge in [-0.25, -0.2) is 4.79 Å². The Balaban J connectivity index is 1.31. The summed E-state index contributed by atoms with van der Waals surface area (Å²) in [6, 6.07) is 22.8. The van der Waals surface area contributed by atoms with Gasteiger partial charge in [0.15, 0.2) is 11.5 Å². The molecule has 146 valence electrons. The van der Waals surface area contributed by atoms with Gasteiger partial charge < -0.3 is 25.4 Å². The van der Waals surface area contributed by atoms with Crippen molar-refractivity contribution in [2.24, 2.45) is 0 Å². The standard InChI is InChI=1S/C22H19N3O4/c26-21(20-14-28-18-8-4-5-9-19(18)29-20)23-16-10-12-17(13-11-16)25-22(27)24-15-6-2-1-3-7-15/h1-13,20H,14H2,(H,23,26)(H2,24,25,27). The second-order valence-corrected chi connectivity index (χ2v) is 6.38. The van der Waals surface area contributed by atoms with Gasteiger partial charge in [0, 0.05) is 17.1 Å². The largest absolute Gasteiger partial charge is 0.485 e. The van der Waals surface area contributed by atoms with E-state index in [0.717, 1.165) is 0 Å². The van der Waals surface area contributed by atoms with Crippen molar-refractivity contribution in [2.45, 2.75) is 6.10 Å². The number of hydrogen-bond donors (Lipinski definition) is 3. The fraction of sp³-hybridized carbons (Fsp3) is 0.0909. The lowest BCUT2D eigenvalue weighted by atomic mass is 10.2. The highest BCUT2D eigenvalue weighted by atomic mass is 16.6. The molecule has 0 radical (unpaired) electrons. The van der Waals surface area contributed by atoms with Gasteiger partial charge in [0.2, 0.25) is 6.10 Å². The maximum absolute atomic E-state index is 12.4. The summed E-state index contributed by atoms with van der Waals surface area (Å²) in [5.41, 5.74) is 1.89. The minimum atomic E-state index is -0.737. The molecule has 0 spiro atoms. The van der Waals surface area contributed by atoms with Crippen molar-refractivity contribution in [3.63, 3.8) is 0 Å². The molecule has 1 atom stereocenters. The van der Waals surface area contributed by atoms with Crippen molar-refractivity contribution < 1.29 is 19.1 Å². The van der Waals surface area contributed by atoms with Gasteiger partial charge in [-0.1, -0.05) is 30.3 Å². The predicted octanol–water partition coefficient (Wildman–Crippen LogP) is 4.11. The zero-order chi connectivity index (χ0) is 20.1. The summed E-state index contributed by atoms with van der Waals surface area (Å²) >= 11 is 0. The van der Waals surface area contributed by atoms with Crippen molar-refractivity contribution >= 4 is 29.0 Å². The van der Waals surface area contributed by atoms with Crippen molar-refractivity contribution in [1.82, 2.24) is 0 Å². The highest BCUT2D eigenvalue weighted by Crippen LogP contribution is 2.31. The third-order valence-electron chi connectivity index (χ3n) is 4.24. The molecule has 7 heteroatoms. The van der Waals surface area contributed by atoms with Gasteiger partial charge >= 0.3 is 6.03 Å². The number of para-hydroxylation sites is 3. The summed E-state index contributed by atoms with van der Waals surface area (Å²) < 4.78 is 11.3. The number of fused-ring (bicyclic) bond motifs is 1. The molecule has 3 amide bonds. The number of ether oxygens (including phenoxy) is 2. The third-order valence-corrected chi connectivity index (χ3v) is 4.24. The van der Waals surface area contributed by atoms with E-state index in [-0.39, 0.29) is 18.5 Å². The van der Waals surface area contributed by atoms with Crippen molar-refractivity contribution in [1.29, 1.82) is 0 Å². The lowest BCUT2D eigenvalue weighted by Gasteiger charge is -2.25. The molecule has 0 aromatic heterocycles. The maximum atomic E-state index is 12.4. The van der Waals surface area contributed by atoms with Crippen LogP contribution in [0.3, 0.4) is 0 Å². The number of hydrogen-bond acceptors (Lipinski definition) is 4. The lowest BCUT2D eigenvalue weighted by Crippen LogP contribution is -2.40. The Labute approximate surface area is 167 Å². The van der Waals surface area contributed by atoms with Crippen LogP contribution in [0.15, 0.2) is 78.9 Å². The molecule has 3 aromatic carbocycles. The van der Waals surface area contributed by atoms with Gasteiger partial charge in [-0.3, -0.25) is 4.79 Å². The highest BCUT2D eigenvalue weighted by molar-refractivity contribution is 6.00. The second-order valence-electron chi connectivity index (χ2n) is 6.38. The summed E-state index contributed by atoms with van der Waals surface area (Å²) in [4.78, 5) is 24.5. The Bertz CT molecular complexity index is 1010. The molecule has 1 heterocycles. The Morgan fingerprint density at radius 1 is 0.690 bits per heavy atom. The Hall–Kier alpha value is -4.00. The molecule has 7 nitrogen and oxygen atoms in total. The van der Waals surface area contributed by atoms with E-state index in [1.54, 1.807) is 48.5 Å². The maximum Gasteiger partial charge on any atom is 0.323 e. The van der Waals surface area contributed by atoms with E-state index in [0.29, 0.717) is 28.6 Å². The number of benzene rings is 3. The number of urea groups is 1. The Morgan fingerprint density at radius 3 is 1.93 bits per heavy atom. The number of carbonyl (C=O) groups excluding carboxylic acids is 2. The molecule has 29 heavy (non-hydrogen) atoms. The topological polar surface area (TPSA) is 88.7 Å². The third kappa shape index (κ3) is 4.65. The van der Waals surface area contributed by atoms with E-state index in [1.165, 1.54) is 0 Å². The van der Waals surface area contributed by atoms with Crippen LogP contribution in [0.2, 0.25) is 0 Å². The zero-order valence-corrected chi connectivity index (χ0v) is 15.4. The first kappa shape index (κ1) is 18.4. The minimum absolute atomic E-state index is 0.141. The normalized spacial score (nSPS) is 14.6. The van der Waals surface area contributed by atoms with Crippen molar-refractivity contribution in [3.8, 4) is 11.5 Å². The number of amides is 3. The molecule has 0 saturated carbocycles. The van der Waals surface area contributed by atoms with Crippen LogP contribution >= 0.6 is 0 Å². The first-order chi connectivity index (χ1) is 14.2. The lowest BCUT2D eigenvalue weighted by molar-refractivity contribution is -0.125. The summed E-state index contributed by atoms with van der Waals surface area (Å²) in [6.07, 6.45) is -0.737. The quantitative estimate of drug-likeness (QED) is 0.627. The van der Waals surface area contributed by atoms with E-state index in [9.17, 15) is 9.59 Å². The average molecular weight is 389 g/mol. The predicted molar refractivity (Wildman–Crippen MR) is 111 cm³/mol. The van der Waals surface area contributed by atoms with Gasteiger partial charge in [0.1, 0.15) is 6.61 Å². The molecule has 1 aliphatic rings. The summed E-state index contributed by atoms with van der Waals surface area (Å²) in [7, 11) is 0. The summed E-state index contributed by atoms with van der Waals surface area (Å²) in [5.74, 6) is 0.866. The van der Waals surface area contributed by atoms with Crippen LogP contribution in [0, 0.1) is 0 Å². The van der Waals surface area contributed by atoms with Gasteiger partial charge in [-0.15, -0.1) is 0 Å². The van der Waals surface area contributed by atoms with Crippen LogP contribution in [0.25, 0.3) is 0 Å². The highest BCUT2D eigenvalue weighted by Gasteiger charge is 2.27. The van der Waals surface area contributed by atoms with Crippen LogP contribution in [0.5, 0.6) is 11.5 Å². The van der Waals surface area contributed by atoms with Gasteiger partial charge in [0.25, 0.3) is 5.91 Å². The van der Waals surface area contributed by atoms with Gasteiger partial charge in [-0.05, 0) is 48.5 Å². The smallest absolute Gasteiger partial charge is 0.323 e. The number of rotatable bonds is 4. The van der Waals surface area contributed by atoms with Crippen LogP contribution in [-0.4, -0.2) is 24.6 Å². The van der Waals surface area contributed by atoms with Crippen LogP contribution in [-0.2, 0) is 4.79 Å². The monoisotopic (exact) mass is 389 g/mol. The van der Waals surface area contributed by atoms with E-state index < -0.39 is 6.10 Å². The van der Waals surface area contributed by atoms with Crippen LogP contribution in [0.1, 0.15) is 0 Å². The molecule has 1 aliphatic heterocycles. The number of carbonyl (C=O) groups is 2. The Kier molecular flexibility index (Phi) is 5.29. The number of nitrogens with one attached hydrogen (secondary N) is 3. The summed E-state index contributed by atoms with van der Waals surface area (Å²) in [6.45, 7) is 0.141. The van der Waals surface area contributed by atoms with E-state index in [4.69, 9.17) is 9.47 Å². The van der Waals surface area contributed by atoms with Crippen molar-refractivity contribution in [3.05, 3.63) is 78.9 Å². The zero-order valence-electron chi connectivity index (χ0n) is 15.4. The first-order valence-corrected chi connectivity index (χ1v) is 9.10. The van der Waals surface area contributed by atoms with Gasteiger partial charge in [0.05, 0.1) is 0 Å². The molecule has 4 rings (SSSR count). The molecular formula is C22H19N3O4. The molecule has 0 saturated heterocycles. The molecule has 0 bridgehead atoms. The SMILES string of the molecule is O=C(Nc1ccccc1)Nc1ccc(NC(=O)C2COc3ccccc3O2)cc1. The molecule has 3 N–H and O–H groups in total. The average Bonchev–Trinajstić information content (AvgIpc) is 2.75. The molecule has 1 unspecified atom stereocenters. The van der Waals surface area contributed by atoms with E-state index in [1.807, 2.05) is 30.3 Å². The fourth-order valence-electron chi connectivity index (χ4n) is 2.82. The first-order valence-electron chi connectivity index (χ1n) is 9.10. The summed E-state index contributed by atoms with van der Waals surface area (Å²) in [5, 5.41) is 8.27. The molecular weight excluding hydrogens is 370 g/mol. The van der Waals surface area contributed by atoms with Gasteiger partial charge in [-0.2, -0.15) is 0 Å². The molecule has 3 aromatic rings. The minimum Gasteiger partial charge on any atom is -0.485 e. The van der Waals surface area contributed by atoms with Crippen molar-refractivity contribution in [2.75, 3.05) is 22.6 Å². The van der Waals surface area contributed by atoms with Crippen LogP contribution < -0.4 is 25.4 Å². The molecule has 0 fully saturated rings. The number of anilines is 3. The molecule has 0 aliphatic carbocycles. The fourth-order valence-corrected chi connectivity index (χ4v) is 2.82. The van der Waals surface area contributed by atoms with E-state index >= 15 is 0 Å².